The first-order valence-corrected chi connectivity index (χ1v) is 22.9. The van der Waals surface area contributed by atoms with Crippen molar-refractivity contribution >= 4 is 34.0 Å². The molecule has 270 valence electrons. The number of thiophene rings is 3. The van der Waals surface area contributed by atoms with Gasteiger partial charge in [0.15, 0.2) is 0 Å². The summed E-state index contributed by atoms with van der Waals surface area (Å²) < 4.78 is 0. The summed E-state index contributed by atoms with van der Waals surface area (Å²) in [6.07, 6.45) is 6.48. The van der Waals surface area contributed by atoms with Crippen LogP contribution in [0.2, 0.25) is 0 Å². The molecule has 3 heteroatoms. The largest absolute Gasteiger partial charge is 0.144 e. The van der Waals surface area contributed by atoms with Gasteiger partial charge in [0.05, 0.1) is 0 Å². The zero-order valence-corrected chi connectivity index (χ0v) is 34.8. The Morgan fingerprint density at radius 2 is 0.648 bits per heavy atom. The lowest BCUT2D eigenvalue weighted by Gasteiger charge is -2.37. The highest BCUT2D eigenvalue weighted by atomic mass is 32.1. The minimum atomic E-state index is -0.0809. The second kappa shape index (κ2) is 12.5. The van der Waals surface area contributed by atoms with Gasteiger partial charge < -0.3 is 0 Å². The SMILES string of the molecule is CCC1(CC)c2cc(-c3cccs3)ccc2-c2c1c1c(c3c2C(CC)(CC)c2cc(-c4cccs4)ccc2-3)C(CC)(CC)c2cc(-c3cccs3)ccc2-1. The first-order valence-electron chi connectivity index (χ1n) is 20.3. The Labute approximate surface area is 333 Å². The quantitative estimate of drug-likeness (QED) is 0.138. The minimum absolute atomic E-state index is 0.0809. The maximum absolute atomic E-state index is 2.60. The van der Waals surface area contributed by atoms with E-state index >= 15 is 0 Å². The number of hydrogen-bond acceptors (Lipinski definition) is 3. The van der Waals surface area contributed by atoms with Crippen molar-refractivity contribution in [2.75, 3.05) is 0 Å². The maximum Gasteiger partial charge on any atom is 0.0342 e. The molecule has 0 nitrogen and oxygen atoms in total. The van der Waals surface area contributed by atoms with E-state index in [2.05, 4.69) is 149 Å². The molecular weight excluding hydrogens is 709 g/mol. The summed E-state index contributed by atoms with van der Waals surface area (Å²) in [5, 5.41) is 6.66. The number of rotatable bonds is 9. The van der Waals surface area contributed by atoms with Crippen LogP contribution < -0.4 is 0 Å². The van der Waals surface area contributed by atoms with Crippen molar-refractivity contribution in [3.63, 3.8) is 0 Å². The van der Waals surface area contributed by atoms with Gasteiger partial charge in [-0.25, -0.2) is 0 Å². The average molecular weight is 757 g/mol. The molecule has 0 amide bonds. The summed E-state index contributed by atoms with van der Waals surface area (Å²) in [5.74, 6) is 0. The molecule has 4 aromatic carbocycles. The van der Waals surface area contributed by atoms with Gasteiger partial charge in [0.25, 0.3) is 0 Å². The second-order valence-corrected chi connectivity index (χ2v) is 18.7. The topological polar surface area (TPSA) is 0 Å². The molecule has 10 rings (SSSR count). The van der Waals surface area contributed by atoms with E-state index in [4.69, 9.17) is 0 Å². The highest BCUT2D eigenvalue weighted by Gasteiger charge is 2.56. The smallest absolute Gasteiger partial charge is 0.0342 e. The first kappa shape index (κ1) is 34.5. The van der Waals surface area contributed by atoms with Crippen LogP contribution in [-0.2, 0) is 16.2 Å². The fourth-order valence-electron chi connectivity index (χ4n) is 11.6. The molecule has 3 heterocycles. The average Bonchev–Trinajstić information content (AvgIpc) is 4.08. The summed E-state index contributed by atoms with van der Waals surface area (Å²) in [4.78, 5) is 4.08. The normalized spacial score (nSPS) is 16.1. The van der Waals surface area contributed by atoms with Crippen LogP contribution in [-0.4, -0.2) is 0 Å². The van der Waals surface area contributed by atoms with Gasteiger partial charge in [0, 0.05) is 30.9 Å². The van der Waals surface area contributed by atoms with Crippen LogP contribution in [0.4, 0.5) is 0 Å². The predicted molar refractivity (Wildman–Crippen MR) is 237 cm³/mol. The first-order chi connectivity index (χ1) is 26.4. The summed E-state index contributed by atoms with van der Waals surface area (Å²) in [6.45, 7) is 14.8. The van der Waals surface area contributed by atoms with E-state index in [-0.39, 0.29) is 16.2 Å². The Hall–Kier alpha value is -4.02. The van der Waals surface area contributed by atoms with Gasteiger partial charge in [-0.2, -0.15) is 0 Å². The third kappa shape index (κ3) is 4.24. The maximum atomic E-state index is 2.60. The fourth-order valence-corrected chi connectivity index (χ4v) is 13.8. The van der Waals surface area contributed by atoms with Gasteiger partial charge in [-0.05, 0) is 175 Å². The molecule has 54 heavy (non-hydrogen) atoms. The van der Waals surface area contributed by atoms with Crippen molar-refractivity contribution in [1.82, 2.24) is 0 Å². The van der Waals surface area contributed by atoms with Crippen molar-refractivity contribution in [3.8, 4) is 64.7 Å². The van der Waals surface area contributed by atoms with Crippen LogP contribution in [0.5, 0.6) is 0 Å². The summed E-state index contributed by atoms with van der Waals surface area (Å²) in [6, 6.07) is 36.2. The highest BCUT2D eigenvalue weighted by Crippen LogP contribution is 2.70. The van der Waals surface area contributed by atoms with Crippen LogP contribution in [0.25, 0.3) is 64.7 Å². The van der Waals surface area contributed by atoms with Crippen LogP contribution >= 0.6 is 34.0 Å². The molecule has 0 spiro atoms. The van der Waals surface area contributed by atoms with Gasteiger partial charge in [0.1, 0.15) is 0 Å². The third-order valence-corrected chi connectivity index (χ3v) is 17.1. The molecule has 0 atom stereocenters. The summed E-state index contributed by atoms with van der Waals surface area (Å²) >= 11 is 5.57. The second-order valence-electron chi connectivity index (χ2n) is 15.8. The molecule has 0 saturated heterocycles. The van der Waals surface area contributed by atoms with Crippen molar-refractivity contribution in [3.05, 3.63) is 141 Å². The Morgan fingerprint density at radius 1 is 0.370 bits per heavy atom. The molecule has 3 aromatic heterocycles. The third-order valence-electron chi connectivity index (χ3n) is 14.4. The zero-order valence-electron chi connectivity index (χ0n) is 32.4. The van der Waals surface area contributed by atoms with Crippen LogP contribution in [0.15, 0.2) is 107 Å². The highest BCUT2D eigenvalue weighted by molar-refractivity contribution is 7.14. The zero-order chi connectivity index (χ0) is 37.0. The summed E-state index contributed by atoms with van der Waals surface area (Å²) in [7, 11) is 0. The van der Waals surface area contributed by atoms with Gasteiger partial charge in [-0.15, -0.1) is 34.0 Å². The molecule has 3 aliphatic carbocycles. The number of benzene rings is 4. The Kier molecular flexibility index (Phi) is 7.98. The predicted octanol–water partition coefficient (Wildman–Crippen LogP) is 16.1. The Bertz CT molecular complexity index is 2240. The van der Waals surface area contributed by atoms with E-state index in [1.54, 1.807) is 50.1 Å². The van der Waals surface area contributed by atoms with Crippen molar-refractivity contribution in [2.24, 2.45) is 0 Å². The van der Waals surface area contributed by atoms with Gasteiger partial charge >= 0.3 is 0 Å². The van der Waals surface area contributed by atoms with E-state index < -0.39 is 0 Å². The standard InChI is InChI=1S/C51H48S3/c1-7-49(8-2)37-28-31(40-16-13-25-52-40)19-22-34(37)43-46(49)44-35-23-20-32(41-17-14-26-53-41)29-38(35)50(9-3,10-4)48(44)45-36-24-21-33(42-18-15-27-54-42)30-39(36)51(11-5,12-6)47(43)45/h13-30H,7-12H2,1-6H3. The lowest BCUT2D eigenvalue weighted by Crippen LogP contribution is -2.29. The monoisotopic (exact) mass is 756 g/mol. The van der Waals surface area contributed by atoms with Gasteiger partial charge in [0.2, 0.25) is 0 Å². The van der Waals surface area contributed by atoms with Crippen molar-refractivity contribution in [2.45, 2.75) is 96.3 Å². The molecule has 0 radical (unpaired) electrons. The molecule has 0 fully saturated rings. The van der Waals surface area contributed by atoms with E-state index in [1.807, 2.05) is 34.0 Å². The molecule has 0 N–H and O–H groups in total. The van der Waals surface area contributed by atoms with Gasteiger partial charge in [-0.1, -0.05) is 96.1 Å². The molecule has 0 aliphatic heterocycles. The van der Waals surface area contributed by atoms with Crippen LogP contribution in [0.3, 0.4) is 0 Å². The van der Waals surface area contributed by atoms with Crippen molar-refractivity contribution < 1.29 is 0 Å². The molecular formula is C51H48S3. The Morgan fingerprint density at radius 3 is 0.870 bits per heavy atom. The van der Waals surface area contributed by atoms with Crippen LogP contribution in [0.1, 0.15) is 113 Å². The van der Waals surface area contributed by atoms with Crippen molar-refractivity contribution in [1.29, 1.82) is 0 Å². The molecule has 3 aliphatic rings. The Balaban J connectivity index is 1.40. The minimum Gasteiger partial charge on any atom is -0.144 e. The lowest BCUT2D eigenvalue weighted by atomic mass is 9.65. The van der Waals surface area contributed by atoms with E-state index in [9.17, 15) is 0 Å². The van der Waals surface area contributed by atoms with Crippen LogP contribution in [0, 0.1) is 0 Å². The number of hydrogen-bond donors (Lipinski definition) is 0. The van der Waals surface area contributed by atoms with E-state index in [0.717, 1.165) is 38.5 Å². The lowest BCUT2D eigenvalue weighted by molar-refractivity contribution is 0.473. The van der Waals surface area contributed by atoms with Gasteiger partial charge in [-0.3, -0.25) is 0 Å². The molecule has 0 unspecified atom stereocenters. The molecule has 0 saturated carbocycles. The summed E-state index contributed by atoms with van der Waals surface area (Å²) in [5.41, 5.74) is 22.5. The number of fused-ring (bicyclic) bond motifs is 12. The van der Waals surface area contributed by atoms with E-state index in [0.29, 0.717) is 0 Å². The molecule has 0 bridgehead atoms. The fraction of sp³-hybridized carbons (Fsp3) is 0.294. The van der Waals surface area contributed by atoms with E-state index in [1.165, 1.54) is 48.0 Å². The molecule has 7 aromatic rings.